The lowest BCUT2D eigenvalue weighted by atomic mass is 10.3. The molecule has 0 radical (unpaired) electrons. The number of hydrogen-bond acceptors (Lipinski definition) is 5. The van der Waals surface area contributed by atoms with Crippen LogP contribution in [0.1, 0.15) is 17.7 Å². The first-order chi connectivity index (χ1) is 12.6. The number of thioether (sulfide) groups is 1. The number of thiazole rings is 1. The van der Waals surface area contributed by atoms with Gasteiger partial charge in [0.05, 0.1) is 0 Å². The van der Waals surface area contributed by atoms with Crippen LogP contribution in [0.15, 0.2) is 63.9 Å². The van der Waals surface area contributed by atoms with Crippen LogP contribution in [0.4, 0.5) is 5.69 Å². The minimum Gasteiger partial charge on any atom is -0.326 e. The van der Waals surface area contributed by atoms with E-state index in [-0.39, 0.29) is 17.2 Å². The van der Waals surface area contributed by atoms with Crippen LogP contribution in [0.25, 0.3) is 0 Å². The molecule has 1 amide bonds. The summed E-state index contributed by atoms with van der Waals surface area (Å²) in [5, 5.41) is 4.68. The van der Waals surface area contributed by atoms with Crippen molar-refractivity contribution in [2.75, 3.05) is 5.32 Å². The first kappa shape index (κ1) is 18.4. The fraction of sp³-hybridized carbons (Fsp3) is 0.211. The third-order valence-electron chi connectivity index (χ3n) is 3.81. The second-order valence-electron chi connectivity index (χ2n) is 5.77. The van der Waals surface area contributed by atoms with Crippen LogP contribution in [0.5, 0.6) is 0 Å². The average molecular weight is 386 g/mol. The number of carbonyl (C=O) groups excluding carboxylic acids is 1. The lowest BCUT2D eigenvalue weighted by molar-refractivity contribution is -0.116. The van der Waals surface area contributed by atoms with Gasteiger partial charge in [0.25, 0.3) is 0 Å². The Morgan fingerprint density at radius 1 is 1.27 bits per heavy atom. The number of rotatable bonds is 7. The summed E-state index contributed by atoms with van der Waals surface area (Å²) in [6.45, 7) is 2.27. The molecule has 0 saturated carbocycles. The highest BCUT2D eigenvalue weighted by molar-refractivity contribution is 7.98. The van der Waals surface area contributed by atoms with Gasteiger partial charge in [-0.25, -0.2) is 0 Å². The smallest absolute Gasteiger partial charge is 0.307 e. The summed E-state index contributed by atoms with van der Waals surface area (Å²) in [4.78, 5) is 29.0. The number of pyridine rings is 1. The van der Waals surface area contributed by atoms with E-state index < -0.39 is 0 Å². The van der Waals surface area contributed by atoms with Crippen LogP contribution in [0.2, 0.25) is 0 Å². The number of carbonyl (C=O) groups is 1. The minimum atomic E-state index is -0.0988. The summed E-state index contributed by atoms with van der Waals surface area (Å²) in [5.74, 6) is 0.757. The number of amides is 1. The van der Waals surface area contributed by atoms with Crippen molar-refractivity contribution in [3.05, 3.63) is 75.1 Å². The van der Waals surface area contributed by atoms with E-state index in [0.29, 0.717) is 6.54 Å². The Labute approximate surface area is 160 Å². The van der Waals surface area contributed by atoms with E-state index in [1.807, 2.05) is 48.8 Å². The maximum Gasteiger partial charge on any atom is 0.307 e. The second kappa shape index (κ2) is 8.82. The molecule has 0 atom stereocenters. The zero-order valence-corrected chi connectivity index (χ0v) is 16.0. The number of nitrogens with one attached hydrogen (secondary N) is 1. The zero-order chi connectivity index (χ0) is 18.4. The molecule has 3 aromatic rings. The van der Waals surface area contributed by atoms with Crippen LogP contribution in [0, 0.1) is 6.92 Å². The predicted octanol–water partition coefficient (Wildman–Crippen LogP) is 3.93. The summed E-state index contributed by atoms with van der Waals surface area (Å²) < 4.78 is 1.63. The average Bonchev–Trinajstić information content (AvgIpc) is 2.98. The number of aryl methyl sites for hydroxylation is 1. The number of benzene rings is 1. The Hall–Kier alpha value is -2.38. The normalized spacial score (nSPS) is 10.7. The molecule has 26 heavy (non-hydrogen) atoms. The molecule has 0 aliphatic heterocycles. The van der Waals surface area contributed by atoms with E-state index in [1.54, 1.807) is 22.5 Å². The summed E-state index contributed by atoms with van der Waals surface area (Å²) in [7, 11) is 0. The molecule has 3 rings (SSSR count). The Morgan fingerprint density at radius 2 is 2.08 bits per heavy atom. The highest BCUT2D eigenvalue weighted by atomic mass is 32.2. The summed E-state index contributed by atoms with van der Waals surface area (Å²) in [6, 6.07) is 11.8. The summed E-state index contributed by atoms with van der Waals surface area (Å²) >= 11 is 2.88. The van der Waals surface area contributed by atoms with Crippen molar-refractivity contribution in [3.63, 3.8) is 0 Å². The first-order valence-corrected chi connectivity index (χ1v) is 10.0. The fourth-order valence-electron chi connectivity index (χ4n) is 2.40. The van der Waals surface area contributed by atoms with Crippen LogP contribution in [-0.2, 0) is 17.1 Å². The molecule has 0 unspecified atom stereocenters. The van der Waals surface area contributed by atoms with Gasteiger partial charge in [0.2, 0.25) is 5.91 Å². The van der Waals surface area contributed by atoms with E-state index in [0.717, 1.165) is 33.4 Å². The monoisotopic (exact) mass is 385 g/mol. The molecule has 0 bridgehead atoms. The van der Waals surface area contributed by atoms with Gasteiger partial charge >= 0.3 is 4.87 Å². The first-order valence-electron chi connectivity index (χ1n) is 8.18. The Balaban J connectivity index is 1.49. The molecular formula is C19H19N3O2S2. The molecule has 1 aromatic carbocycles. The third-order valence-corrected chi connectivity index (χ3v) is 5.77. The van der Waals surface area contributed by atoms with Crippen LogP contribution < -0.4 is 10.2 Å². The summed E-state index contributed by atoms with van der Waals surface area (Å²) in [5.41, 5.74) is 2.83. The number of nitrogens with zero attached hydrogens (tertiary/aromatic N) is 2. The van der Waals surface area contributed by atoms with Gasteiger partial charge in [0, 0.05) is 52.8 Å². The van der Waals surface area contributed by atoms with Crippen molar-refractivity contribution < 1.29 is 4.79 Å². The standard InChI is InChI=1S/C19H19N3O2S2/c1-14-12-26-19(24)22(14)10-8-18(23)21-16-4-6-17(7-5-16)25-13-15-3-2-9-20-11-15/h2-7,9,11-12H,8,10,13H2,1H3,(H,21,23). The highest BCUT2D eigenvalue weighted by Gasteiger charge is 2.07. The molecule has 1 N–H and O–H groups in total. The van der Waals surface area contributed by atoms with Gasteiger partial charge in [0.15, 0.2) is 0 Å². The Kier molecular flexibility index (Phi) is 6.25. The van der Waals surface area contributed by atoms with Crippen molar-refractivity contribution in [3.8, 4) is 0 Å². The van der Waals surface area contributed by atoms with E-state index in [1.165, 1.54) is 5.56 Å². The van der Waals surface area contributed by atoms with E-state index >= 15 is 0 Å². The van der Waals surface area contributed by atoms with Gasteiger partial charge in [-0.1, -0.05) is 17.4 Å². The van der Waals surface area contributed by atoms with Gasteiger partial charge in [-0.2, -0.15) is 0 Å². The molecule has 134 valence electrons. The van der Waals surface area contributed by atoms with Gasteiger partial charge in [-0.05, 0) is 42.8 Å². The number of hydrogen-bond donors (Lipinski definition) is 1. The Morgan fingerprint density at radius 3 is 2.73 bits per heavy atom. The van der Waals surface area contributed by atoms with Gasteiger partial charge in [0.1, 0.15) is 0 Å². The van der Waals surface area contributed by atoms with Crippen molar-refractivity contribution in [2.24, 2.45) is 0 Å². The minimum absolute atomic E-state index is 0.0229. The maximum atomic E-state index is 12.1. The molecule has 0 saturated heterocycles. The van der Waals surface area contributed by atoms with Crippen LogP contribution in [-0.4, -0.2) is 15.5 Å². The van der Waals surface area contributed by atoms with Crippen molar-refractivity contribution >= 4 is 34.7 Å². The van der Waals surface area contributed by atoms with Gasteiger partial charge in [-0.15, -0.1) is 11.8 Å². The predicted molar refractivity (Wildman–Crippen MR) is 107 cm³/mol. The third kappa shape index (κ3) is 5.06. The molecule has 2 aromatic heterocycles. The topological polar surface area (TPSA) is 64.0 Å². The number of anilines is 1. The van der Waals surface area contributed by atoms with E-state index in [9.17, 15) is 9.59 Å². The fourth-order valence-corrected chi connectivity index (χ4v) is 3.99. The molecule has 0 aliphatic rings. The van der Waals surface area contributed by atoms with Crippen molar-refractivity contribution in [1.29, 1.82) is 0 Å². The molecule has 0 spiro atoms. The van der Waals surface area contributed by atoms with E-state index in [4.69, 9.17) is 0 Å². The lowest BCUT2D eigenvalue weighted by Gasteiger charge is -2.08. The number of aromatic nitrogens is 2. The Bertz CT molecular complexity index is 918. The zero-order valence-electron chi connectivity index (χ0n) is 14.3. The maximum absolute atomic E-state index is 12.1. The highest BCUT2D eigenvalue weighted by Crippen LogP contribution is 2.24. The molecule has 7 heteroatoms. The lowest BCUT2D eigenvalue weighted by Crippen LogP contribution is -2.20. The second-order valence-corrected chi connectivity index (χ2v) is 7.64. The quantitative estimate of drug-likeness (QED) is 0.626. The van der Waals surface area contributed by atoms with Crippen LogP contribution in [0.3, 0.4) is 0 Å². The van der Waals surface area contributed by atoms with Crippen LogP contribution >= 0.6 is 23.1 Å². The van der Waals surface area contributed by atoms with Gasteiger partial charge in [-0.3, -0.25) is 14.6 Å². The SMILES string of the molecule is Cc1csc(=O)n1CCC(=O)Nc1ccc(SCc2cccnc2)cc1. The summed E-state index contributed by atoms with van der Waals surface area (Å²) in [6.07, 6.45) is 3.90. The van der Waals surface area contributed by atoms with Gasteiger partial charge < -0.3 is 9.88 Å². The molecule has 2 heterocycles. The largest absolute Gasteiger partial charge is 0.326 e. The molecule has 0 fully saturated rings. The van der Waals surface area contributed by atoms with Crippen molar-refractivity contribution in [2.45, 2.75) is 30.5 Å². The molecule has 5 nitrogen and oxygen atoms in total. The molecule has 0 aliphatic carbocycles. The molecular weight excluding hydrogens is 366 g/mol. The van der Waals surface area contributed by atoms with Crippen molar-refractivity contribution in [1.82, 2.24) is 9.55 Å². The van der Waals surface area contributed by atoms with E-state index in [2.05, 4.69) is 16.4 Å².